The Labute approximate surface area is 198 Å². The molecule has 0 unspecified atom stereocenters. The number of nitrogens with zero attached hydrogens (tertiary/aromatic N) is 2. The van der Waals surface area contributed by atoms with Crippen molar-refractivity contribution in [1.29, 1.82) is 5.26 Å². The lowest BCUT2D eigenvalue weighted by molar-refractivity contribution is -0.137. The highest BCUT2D eigenvalue weighted by Gasteiger charge is 2.25. The van der Waals surface area contributed by atoms with E-state index in [2.05, 4.69) is 15.6 Å². The summed E-state index contributed by atoms with van der Waals surface area (Å²) in [4.78, 5) is 29.8. The van der Waals surface area contributed by atoms with Gasteiger partial charge in [-0.25, -0.2) is 9.79 Å². The Morgan fingerprint density at radius 3 is 2.71 bits per heavy atom. The van der Waals surface area contributed by atoms with E-state index in [4.69, 9.17) is 19.5 Å². The topological polar surface area (TPSA) is 122 Å². The van der Waals surface area contributed by atoms with Crippen LogP contribution in [-0.2, 0) is 14.3 Å². The zero-order chi connectivity index (χ0) is 24.5. The molecular formula is C25H26N4O5. The quantitative estimate of drug-likeness (QED) is 0.451. The van der Waals surface area contributed by atoms with E-state index in [1.54, 1.807) is 38.1 Å². The van der Waals surface area contributed by atoms with Crippen LogP contribution in [0.15, 0.2) is 58.7 Å². The number of rotatable bonds is 8. The van der Waals surface area contributed by atoms with E-state index in [1.165, 1.54) is 7.11 Å². The molecule has 2 aromatic carbocycles. The number of hydrogen-bond acceptors (Lipinski definition) is 8. The SMILES string of the molecule is CCOC(=O)C1=C(C)Nc2ccccc2N=C1NC(=O)CCCOc1ccc(C#N)cc1OC. The molecule has 1 heterocycles. The summed E-state index contributed by atoms with van der Waals surface area (Å²) in [6.07, 6.45) is 0.552. The zero-order valence-electron chi connectivity index (χ0n) is 19.3. The number of nitrogens with one attached hydrogen (secondary N) is 2. The fourth-order valence-electron chi connectivity index (χ4n) is 3.30. The van der Waals surface area contributed by atoms with Crippen molar-refractivity contribution in [3.05, 3.63) is 59.3 Å². The standard InChI is InChI=1S/C25H26N4O5/c1-4-33-25(31)23-16(2)27-18-8-5-6-9-19(18)28-24(23)29-22(30)10-7-13-34-20-12-11-17(15-26)14-21(20)32-3/h5-6,8-9,11-12,14,27H,4,7,10,13H2,1-3H3,(H,28,29,30). The molecule has 1 aliphatic heterocycles. The lowest BCUT2D eigenvalue weighted by Gasteiger charge is -2.14. The number of amidine groups is 1. The van der Waals surface area contributed by atoms with E-state index >= 15 is 0 Å². The van der Waals surface area contributed by atoms with E-state index in [9.17, 15) is 9.59 Å². The maximum Gasteiger partial charge on any atom is 0.343 e. The number of benzene rings is 2. The van der Waals surface area contributed by atoms with Crippen LogP contribution in [0.2, 0.25) is 0 Å². The van der Waals surface area contributed by atoms with Gasteiger partial charge in [0, 0.05) is 18.2 Å². The molecule has 0 atom stereocenters. The van der Waals surface area contributed by atoms with E-state index in [0.29, 0.717) is 34.9 Å². The Kier molecular flexibility index (Phi) is 8.24. The number of allylic oxidation sites excluding steroid dienone is 1. The van der Waals surface area contributed by atoms with Crippen LogP contribution < -0.4 is 20.1 Å². The lowest BCUT2D eigenvalue weighted by Crippen LogP contribution is -2.35. The molecule has 34 heavy (non-hydrogen) atoms. The van der Waals surface area contributed by atoms with Crippen LogP contribution in [-0.4, -0.2) is 38.0 Å². The Hall–Kier alpha value is -4.32. The van der Waals surface area contributed by atoms with Gasteiger partial charge in [0.2, 0.25) is 5.91 Å². The summed E-state index contributed by atoms with van der Waals surface area (Å²) >= 11 is 0. The Morgan fingerprint density at radius 1 is 1.18 bits per heavy atom. The number of amides is 1. The van der Waals surface area contributed by atoms with Gasteiger partial charge in [0.1, 0.15) is 11.4 Å². The van der Waals surface area contributed by atoms with Crippen molar-refractivity contribution in [2.45, 2.75) is 26.7 Å². The number of esters is 1. The molecule has 2 N–H and O–H groups in total. The fraction of sp³-hybridized carbons (Fsp3) is 0.280. The highest BCUT2D eigenvalue weighted by Crippen LogP contribution is 2.30. The average Bonchev–Trinajstić information content (AvgIpc) is 2.96. The molecule has 0 bridgehead atoms. The zero-order valence-corrected chi connectivity index (χ0v) is 19.3. The monoisotopic (exact) mass is 462 g/mol. The molecule has 1 aliphatic rings. The highest BCUT2D eigenvalue weighted by molar-refractivity contribution is 6.24. The molecule has 9 heteroatoms. The van der Waals surface area contributed by atoms with Crippen LogP contribution >= 0.6 is 0 Å². The molecule has 176 valence electrons. The normalized spacial score (nSPS) is 12.4. The molecule has 2 aromatic rings. The maximum absolute atomic E-state index is 12.7. The van der Waals surface area contributed by atoms with E-state index in [1.807, 2.05) is 24.3 Å². The molecule has 0 radical (unpaired) electrons. The van der Waals surface area contributed by atoms with Gasteiger partial charge in [0.15, 0.2) is 11.5 Å². The minimum absolute atomic E-state index is 0.132. The number of aliphatic imine (C=N–C) groups is 1. The fourth-order valence-corrected chi connectivity index (χ4v) is 3.30. The molecule has 9 nitrogen and oxygen atoms in total. The first-order valence-electron chi connectivity index (χ1n) is 10.8. The maximum atomic E-state index is 12.7. The van der Waals surface area contributed by atoms with E-state index in [-0.39, 0.29) is 37.0 Å². The van der Waals surface area contributed by atoms with Crippen molar-refractivity contribution in [1.82, 2.24) is 5.32 Å². The van der Waals surface area contributed by atoms with Gasteiger partial charge < -0.3 is 24.8 Å². The van der Waals surface area contributed by atoms with Gasteiger partial charge >= 0.3 is 5.97 Å². The molecular weight excluding hydrogens is 436 g/mol. The van der Waals surface area contributed by atoms with Crippen LogP contribution in [0.1, 0.15) is 32.3 Å². The van der Waals surface area contributed by atoms with Gasteiger partial charge in [-0.15, -0.1) is 0 Å². The summed E-state index contributed by atoms with van der Waals surface area (Å²) in [5.41, 5.74) is 2.47. The van der Waals surface area contributed by atoms with Crippen LogP contribution in [0.3, 0.4) is 0 Å². The third-order valence-corrected chi connectivity index (χ3v) is 4.91. The summed E-state index contributed by atoms with van der Waals surface area (Å²) in [7, 11) is 1.49. The molecule has 0 spiro atoms. The summed E-state index contributed by atoms with van der Waals surface area (Å²) in [5.74, 6) is 0.176. The number of anilines is 1. The van der Waals surface area contributed by atoms with Crippen molar-refractivity contribution < 1.29 is 23.8 Å². The number of fused-ring (bicyclic) bond motifs is 1. The minimum atomic E-state index is -0.574. The minimum Gasteiger partial charge on any atom is -0.493 e. The molecule has 3 rings (SSSR count). The van der Waals surface area contributed by atoms with Crippen molar-refractivity contribution in [2.75, 3.05) is 25.6 Å². The summed E-state index contributed by atoms with van der Waals surface area (Å²) in [6.45, 7) is 3.89. The summed E-state index contributed by atoms with van der Waals surface area (Å²) < 4.78 is 16.1. The Morgan fingerprint density at radius 2 is 1.97 bits per heavy atom. The second-order valence-electron chi connectivity index (χ2n) is 7.30. The first kappa shape index (κ1) is 24.3. The molecule has 0 saturated heterocycles. The van der Waals surface area contributed by atoms with E-state index < -0.39 is 5.97 Å². The molecule has 0 saturated carbocycles. The average molecular weight is 463 g/mol. The second-order valence-corrected chi connectivity index (χ2v) is 7.30. The predicted octanol–water partition coefficient (Wildman–Crippen LogP) is 3.83. The number of methoxy groups -OCH3 is 1. The highest BCUT2D eigenvalue weighted by atomic mass is 16.5. The van der Waals surface area contributed by atoms with Crippen molar-refractivity contribution in [3.63, 3.8) is 0 Å². The number of ether oxygens (including phenoxy) is 3. The van der Waals surface area contributed by atoms with Crippen LogP contribution in [0.25, 0.3) is 0 Å². The van der Waals surface area contributed by atoms with Gasteiger partial charge in [-0.3, -0.25) is 4.79 Å². The van der Waals surface area contributed by atoms with Crippen LogP contribution in [0.4, 0.5) is 11.4 Å². The van der Waals surface area contributed by atoms with Crippen molar-refractivity contribution >= 4 is 29.1 Å². The second kappa shape index (κ2) is 11.5. The first-order chi connectivity index (χ1) is 16.5. The van der Waals surface area contributed by atoms with Crippen LogP contribution in [0, 0.1) is 11.3 Å². The Bertz CT molecular complexity index is 1180. The molecule has 0 aliphatic carbocycles. The van der Waals surface area contributed by atoms with Crippen molar-refractivity contribution in [3.8, 4) is 17.6 Å². The molecule has 1 amide bonds. The lowest BCUT2D eigenvalue weighted by atomic mass is 10.1. The Balaban J connectivity index is 1.67. The van der Waals surface area contributed by atoms with Gasteiger partial charge in [-0.1, -0.05) is 12.1 Å². The third-order valence-electron chi connectivity index (χ3n) is 4.91. The third kappa shape index (κ3) is 5.92. The number of carbonyl (C=O) groups excluding carboxylic acids is 2. The largest absolute Gasteiger partial charge is 0.493 e. The molecule has 0 aromatic heterocycles. The summed E-state index contributed by atoms with van der Waals surface area (Å²) in [6, 6.07) is 14.2. The van der Waals surface area contributed by atoms with Gasteiger partial charge in [0.05, 0.1) is 43.3 Å². The number of carbonyl (C=O) groups is 2. The number of nitriles is 1. The van der Waals surface area contributed by atoms with Gasteiger partial charge in [0.25, 0.3) is 0 Å². The molecule has 0 fully saturated rings. The van der Waals surface area contributed by atoms with Gasteiger partial charge in [-0.05, 0) is 44.5 Å². The first-order valence-corrected chi connectivity index (χ1v) is 10.8. The number of hydrogen-bond donors (Lipinski definition) is 2. The predicted molar refractivity (Wildman–Crippen MR) is 127 cm³/mol. The van der Waals surface area contributed by atoms with Gasteiger partial charge in [-0.2, -0.15) is 5.26 Å². The van der Waals surface area contributed by atoms with Crippen molar-refractivity contribution in [2.24, 2.45) is 4.99 Å². The smallest absolute Gasteiger partial charge is 0.343 e. The summed E-state index contributed by atoms with van der Waals surface area (Å²) in [5, 5.41) is 14.9. The van der Waals surface area contributed by atoms with Crippen LogP contribution in [0.5, 0.6) is 11.5 Å². The van der Waals surface area contributed by atoms with E-state index in [0.717, 1.165) is 5.69 Å². The number of para-hydroxylation sites is 2.